The first-order valence-corrected chi connectivity index (χ1v) is 9.03. The van der Waals surface area contributed by atoms with Gasteiger partial charge in [0, 0.05) is 23.3 Å². The van der Waals surface area contributed by atoms with E-state index in [1.54, 1.807) is 0 Å². The maximum Gasteiger partial charge on any atom is 0.271 e. The Morgan fingerprint density at radius 3 is 2.45 bits per heavy atom. The number of benzene rings is 3. The number of rotatable bonds is 6. The highest BCUT2D eigenvalue weighted by Gasteiger charge is 2.12. The second-order valence-electron chi connectivity index (χ2n) is 6.15. The molecule has 4 aromatic rings. The van der Waals surface area contributed by atoms with Crippen molar-refractivity contribution in [3.63, 3.8) is 0 Å². The highest BCUT2D eigenvalue weighted by atomic mass is 35.5. The molecule has 0 bridgehead atoms. The normalized spacial score (nSPS) is 10.7. The number of halogens is 1. The zero-order chi connectivity index (χ0) is 20.2. The molecule has 0 spiro atoms. The van der Waals surface area contributed by atoms with E-state index in [1.807, 2.05) is 54.6 Å². The summed E-state index contributed by atoms with van der Waals surface area (Å²) in [5, 5.41) is 15.0. The molecule has 1 heterocycles. The Labute approximate surface area is 170 Å². The van der Waals surface area contributed by atoms with Gasteiger partial charge in [0.2, 0.25) is 5.82 Å². The van der Waals surface area contributed by atoms with Gasteiger partial charge in [-0.2, -0.15) is 4.98 Å². The van der Waals surface area contributed by atoms with Crippen LogP contribution in [0.2, 0.25) is 5.02 Å². The number of hydrogen-bond donors (Lipinski definition) is 0. The van der Waals surface area contributed by atoms with Crippen molar-refractivity contribution in [3.8, 4) is 28.6 Å². The highest BCUT2D eigenvalue weighted by molar-refractivity contribution is 6.32. The van der Waals surface area contributed by atoms with E-state index in [9.17, 15) is 10.1 Å². The first-order chi connectivity index (χ1) is 14.1. The summed E-state index contributed by atoms with van der Waals surface area (Å²) in [7, 11) is 0. The molecule has 7 nitrogen and oxygen atoms in total. The minimum absolute atomic E-state index is 0.0823. The van der Waals surface area contributed by atoms with Crippen molar-refractivity contribution in [2.45, 2.75) is 6.61 Å². The van der Waals surface area contributed by atoms with Crippen LogP contribution in [-0.2, 0) is 6.61 Å². The van der Waals surface area contributed by atoms with Crippen molar-refractivity contribution in [2.24, 2.45) is 0 Å². The van der Waals surface area contributed by atoms with Gasteiger partial charge in [-0.3, -0.25) is 10.1 Å². The minimum Gasteiger partial charge on any atom is -0.487 e. The molecular formula is C21H14ClN3O4. The summed E-state index contributed by atoms with van der Waals surface area (Å²) >= 11 is 6.04. The van der Waals surface area contributed by atoms with Crippen LogP contribution in [-0.4, -0.2) is 15.1 Å². The number of nitro benzene ring substituents is 1. The monoisotopic (exact) mass is 407 g/mol. The molecule has 0 N–H and O–H groups in total. The van der Waals surface area contributed by atoms with Crippen LogP contribution in [0.5, 0.6) is 5.75 Å². The third-order valence-corrected chi connectivity index (χ3v) is 4.47. The third kappa shape index (κ3) is 4.25. The number of hydrogen-bond acceptors (Lipinski definition) is 6. The van der Waals surface area contributed by atoms with Gasteiger partial charge in [-0.1, -0.05) is 59.2 Å². The van der Waals surface area contributed by atoms with Gasteiger partial charge < -0.3 is 9.26 Å². The van der Waals surface area contributed by atoms with Gasteiger partial charge in [0.1, 0.15) is 12.4 Å². The molecule has 0 aliphatic rings. The quantitative estimate of drug-likeness (QED) is 0.307. The lowest BCUT2D eigenvalue weighted by atomic mass is 10.1. The molecule has 144 valence electrons. The molecule has 0 aliphatic carbocycles. The second kappa shape index (κ2) is 8.12. The molecule has 0 fully saturated rings. The van der Waals surface area contributed by atoms with Gasteiger partial charge in [-0.05, 0) is 23.8 Å². The van der Waals surface area contributed by atoms with E-state index in [1.165, 1.54) is 18.2 Å². The van der Waals surface area contributed by atoms with Crippen LogP contribution in [0.4, 0.5) is 5.69 Å². The molecule has 0 aliphatic heterocycles. The number of nitrogens with zero attached hydrogens (tertiary/aromatic N) is 3. The molecule has 0 unspecified atom stereocenters. The largest absolute Gasteiger partial charge is 0.487 e. The van der Waals surface area contributed by atoms with E-state index in [0.717, 1.165) is 16.7 Å². The average molecular weight is 408 g/mol. The predicted molar refractivity (Wildman–Crippen MR) is 108 cm³/mol. The topological polar surface area (TPSA) is 91.3 Å². The van der Waals surface area contributed by atoms with Crippen molar-refractivity contribution >= 4 is 17.3 Å². The van der Waals surface area contributed by atoms with E-state index in [0.29, 0.717) is 17.5 Å². The van der Waals surface area contributed by atoms with E-state index >= 15 is 0 Å². The van der Waals surface area contributed by atoms with Crippen LogP contribution in [0.15, 0.2) is 77.3 Å². The fraction of sp³-hybridized carbons (Fsp3) is 0.0476. The summed E-state index contributed by atoms with van der Waals surface area (Å²) in [6.07, 6.45) is 0. The van der Waals surface area contributed by atoms with Crippen molar-refractivity contribution < 1.29 is 14.2 Å². The molecule has 0 atom stereocenters. The molecular weight excluding hydrogens is 394 g/mol. The summed E-state index contributed by atoms with van der Waals surface area (Å²) in [6.45, 7) is 0.261. The maximum atomic E-state index is 10.8. The van der Waals surface area contributed by atoms with E-state index in [4.69, 9.17) is 20.9 Å². The Hall–Kier alpha value is -3.71. The SMILES string of the molecule is O=[N+]([O-])c1ccc(OCc2ccc(-c3nc(-c4ccccc4)no3)cc2)c(Cl)c1. The van der Waals surface area contributed by atoms with Crippen LogP contribution in [0.3, 0.4) is 0 Å². The van der Waals surface area contributed by atoms with Gasteiger partial charge in [0.15, 0.2) is 0 Å². The summed E-state index contributed by atoms with van der Waals surface area (Å²) < 4.78 is 11.0. The summed E-state index contributed by atoms with van der Waals surface area (Å²) in [5.74, 6) is 1.33. The smallest absolute Gasteiger partial charge is 0.271 e. The van der Waals surface area contributed by atoms with Crippen LogP contribution >= 0.6 is 11.6 Å². The zero-order valence-corrected chi connectivity index (χ0v) is 15.7. The standard InChI is InChI=1S/C21H14ClN3O4/c22-18-12-17(25(26)27)10-11-19(18)28-13-14-6-8-16(9-7-14)21-23-20(24-29-21)15-4-2-1-3-5-15/h1-12H,13H2. The molecule has 3 aromatic carbocycles. The van der Waals surface area contributed by atoms with Crippen LogP contribution in [0.1, 0.15) is 5.56 Å². The Kier molecular flexibility index (Phi) is 5.22. The van der Waals surface area contributed by atoms with E-state index < -0.39 is 4.92 Å². The molecule has 0 saturated heterocycles. The maximum absolute atomic E-state index is 10.8. The fourth-order valence-electron chi connectivity index (χ4n) is 2.67. The Morgan fingerprint density at radius 2 is 1.76 bits per heavy atom. The van der Waals surface area contributed by atoms with Gasteiger partial charge in [-0.25, -0.2) is 0 Å². The van der Waals surface area contributed by atoms with Crippen LogP contribution in [0.25, 0.3) is 22.8 Å². The minimum atomic E-state index is -0.505. The lowest BCUT2D eigenvalue weighted by molar-refractivity contribution is -0.384. The fourth-order valence-corrected chi connectivity index (χ4v) is 2.90. The molecule has 1 aromatic heterocycles. The summed E-state index contributed by atoms with van der Waals surface area (Å²) in [4.78, 5) is 14.7. The van der Waals surface area contributed by atoms with Crippen molar-refractivity contribution in [2.75, 3.05) is 0 Å². The second-order valence-corrected chi connectivity index (χ2v) is 6.55. The van der Waals surface area contributed by atoms with Crippen LogP contribution < -0.4 is 4.74 Å². The van der Waals surface area contributed by atoms with Gasteiger partial charge in [-0.15, -0.1) is 0 Å². The number of aromatic nitrogens is 2. The van der Waals surface area contributed by atoms with Crippen molar-refractivity contribution in [1.29, 1.82) is 0 Å². The lowest BCUT2D eigenvalue weighted by Gasteiger charge is -2.08. The highest BCUT2D eigenvalue weighted by Crippen LogP contribution is 2.29. The Bertz CT molecular complexity index is 1140. The first-order valence-electron chi connectivity index (χ1n) is 8.65. The molecule has 0 amide bonds. The molecule has 0 radical (unpaired) electrons. The Morgan fingerprint density at radius 1 is 1.00 bits per heavy atom. The third-order valence-electron chi connectivity index (χ3n) is 4.18. The zero-order valence-electron chi connectivity index (χ0n) is 15.0. The van der Waals surface area contributed by atoms with Gasteiger partial charge in [0.05, 0.1) is 9.95 Å². The van der Waals surface area contributed by atoms with E-state index in [-0.39, 0.29) is 17.3 Å². The molecule has 4 rings (SSSR count). The number of nitro groups is 1. The lowest BCUT2D eigenvalue weighted by Crippen LogP contribution is -1.97. The molecule has 0 saturated carbocycles. The predicted octanol–water partition coefficient (Wildman–Crippen LogP) is 5.54. The number of ether oxygens (including phenoxy) is 1. The summed E-state index contributed by atoms with van der Waals surface area (Å²) in [5.41, 5.74) is 2.48. The molecule has 8 heteroatoms. The first kappa shape index (κ1) is 18.6. The van der Waals surface area contributed by atoms with Crippen LogP contribution in [0, 0.1) is 10.1 Å². The van der Waals surface area contributed by atoms with E-state index in [2.05, 4.69) is 10.1 Å². The molecule has 29 heavy (non-hydrogen) atoms. The Balaban J connectivity index is 1.44. The number of non-ortho nitro benzene ring substituents is 1. The van der Waals surface area contributed by atoms with Crippen molar-refractivity contribution in [3.05, 3.63) is 93.5 Å². The van der Waals surface area contributed by atoms with Crippen molar-refractivity contribution in [1.82, 2.24) is 10.1 Å². The summed E-state index contributed by atoms with van der Waals surface area (Å²) in [6, 6.07) is 21.2. The average Bonchev–Trinajstić information content (AvgIpc) is 3.24. The van der Waals surface area contributed by atoms with Gasteiger partial charge in [0.25, 0.3) is 11.6 Å². The van der Waals surface area contributed by atoms with Gasteiger partial charge >= 0.3 is 0 Å².